The van der Waals surface area contributed by atoms with Crippen molar-refractivity contribution in [2.24, 2.45) is 0 Å². The van der Waals surface area contributed by atoms with Crippen LogP contribution >= 0.6 is 31.9 Å². The average Bonchev–Trinajstić information content (AvgIpc) is 2.40. The maximum Gasteiger partial charge on any atom is 0.293 e. The molecule has 2 rings (SSSR count). The van der Waals surface area contributed by atoms with Crippen molar-refractivity contribution in [1.82, 2.24) is 0 Å². The van der Waals surface area contributed by atoms with Crippen molar-refractivity contribution < 1.29 is 9.66 Å². The molecule has 5 nitrogen and oxygen atoms in total. The third kappa shape index (κ3) is 3.49. The summed E-state index contributed by atoms with van der Waals surface area (Å²) >= 11 is 6.59. The van der Waals surface area contributed by atoms with E-state index in [4.69, 9.17) is 4.74 Å². The predicted octanol–water partition coefficient (Wildman–Crippen LogP) is 4.87. The normalized spacial score (nSPS) is 10.2. The van der Waals surface area contributed by atoms with E-state index in [1.807, 2.05) is 6.07 Å². The first kappa shape index (κ1) is 14.8. The number of methoxy groups -OCH3 is 1. The fourth-order valence-electron chi connectivity index (χ4n) is 1.67. The van der Waals surface area contributed by atoms with Crippen molar-refractivity contribution in [1.29, 1.82) is 0 Å². The van der Waals surface area contributed by atoms with Crippen molar-refractivity contribution in [2.75, 3.05) is 12.4 Å². The lowest BCUT2D eigenvalue weighted by Crippen LogP contribution is -1.97. The van der Waals surface area contributed by atoms with Crippen molar-refractivity contribution >= 4 is 48.9 Å². The molecule has 2 aromatic carbocycles. The Morgan fingerprint density at radius 1 is 1.15 bits per heavy atom. The summed E-state index contributed by atoms with van der Waals surface area (Å²) in [5, 5.41) is 14.1. The first-order valence-electron chi connectivity index (χ1n) is 5.55. The van der Waals surface area contributed by atoms with Crippen molar-refractivity contribution in [2.45, 2.75) is 0 Å². The highest BCUT2D eigenvalue weighted by atomic mass is 79.9. The van der Waals surface area contributed by atoms with E-state index >= 15 is 0 Å². The molecule has 0 atom stereocenters. The number of halogens is 2. The Hall–Kier alpha value is -1.60. The monoisotopic (exact) mass is 400 g/mol. The summed E-state index contributed by atoms with van der Waals surface area (Å²) in [5.41, 5.74) is 1.11. The second kappa shape index (κ2) is 6.23. The zero-order valence-electron chi connectivity index (χ0n) is 10.4. The molecule has 2 aromatic rings. The number of rotatable bonds is 4. The zero-order valence-corrected chi connectivity index (χ0v) is 13.6. The Labute approximate surface area is 132 Å². The standard InChI is InChI=1S/C13H10Br2N2O3/c1-20-11-5-9(15)4-10(7-11)16-12-3-2-8(14)6-13(12)17(18)19/h2-7,16H,1H3. The average molecular weight is 402 g/mol. The molecular weight excluding hydrogens is 392 g/mol. The molecule has 0 bridgehead atoms. The molecular formula is C13H10Br2N2O3. The molecule has 0 aliphatic heterocycles. The van der Waals surface area contributed by atoms with Crippen molar-refractivity contribution in [3.05, 3.63) is 55.5 Å². The molecule has 20 heavy (non-hydrogen) atoms. The summed E-state index contributed by atoms with van der Waals surface area (Å²) in [4.78, 5) is 10.6. The largest absolute Gasteiger partial charge is 0.497 e. The van der Waals surface area contributed by atoms with Crippen LogP contribution in [0.15, 0.2) is 45.3 Å². The minimum atomic E-state index is -0.428. The van der Waals surface area contributed by atoms with Gasteiger partial charge in [0.15, 0.2) is 0 Å². The number of nitrogens with zero attached hydrogens (tertiary/aromatic N) is 1. The van der Waals surface area contributed by atoms with Gasteiger partial charge in [0.1, 0.15) is 11.4 Å². The number of nitro groups is 1. The van der Waals surface area contributed by atoms with Gasteiger partial charge in [0.05, 0.1) is 12.0 Å². The van der Waals surface area contributed by atoms with Crippen LogP contribution in [0.25, 0.3) is 0 Å². The molecule has 0 heterocycles. The summed E-state index contributed by atoms with van der Waals surface area (Å²) in [5.74, 6) is 0.654. The first-order chi connectivity index (χ1) is 9.49. The minimum absolute atomic E-state index is 0.00156. The summed E-state index contributed by atoms with van der Waals surface area (Å²) in [6, 6.07) is 10.2. The summed E-state index contributed by atoms with van der Waals surface area (Å²) in [6.45, 7) is 0. The number of anilines is 2. The second-order valence-corrected chi connectivity index (χ2v) is 5.75. The lowest BCUT2D eigenvalue weighted by Gasteiger charge is -2.09. The summed E-state index contributed by atoms with van der Waals surface area (Å²) in [6.07, 6.45) is 0. The van der Waals surface area contributed by atoms with Crippen LogP contribution in [-0.4, -0.2) is 12.0 Å². The van der Waals surface area contributed by atoms with E-state index in [1.54, 1.807) is 31.4 Å². The molecule has 0 saturated carbocycles. The van der Waals surface area contributed by atoms with Crippen LogP contribution in [0.1, 0.15) is 0 Å². The molecule has 0 spiro atoms. The van der Waals surface area contributed by atoms with Gasteiger partial charge in [0.2, 0.25) is 0 Å². The highest BCUT2D eigenvalue weighted by Gasteiger charge is 2.14. The van der Waals surface area contributed by atoms with Gasteiger partial charge in [-0.25, -0.2) is 0 Å². The quantitative estimate of drug-likeness (QED) is 0.586. The molecule has 7 heteroatoms. The maximum absolute atomic E-state index is 11.1. The van der Waals surface area contributed by atoms with Gasteiger partial charge in [-0.1, -0.05) is 31.9 Å². The van der Waals surface area contributed by atoms with E-state index < -0.39 is 4.92 Å². The molecule has 0 aliphatic carbocycles. The zero-order chi connectivity index (χ0) is 14.7. The highest BCUT2D eigenvalue weighted by molar-refractivity contribution is 9.10. The fraction of sp³-hybridized carbons (Fsp3) is 0.0769. The van der Waals surface area contributed by atoms with Gasteiger partial charge in [-0.05, 0) is 24.3 Å². The molecule has 0 unspecified atom stereocenters. The predicted molar refractivity (Wildman–Crippen MR) is 84.8 cm³/mol. The van der Waals surface area contributed by atoms with Crippen molar-refractivity contribution in [3.63, 3.8) is 0 Å². The van der Waals surface area contributed by atoms with Gasteiger partial charge in [-0.2, -0.15) is 0 Å². The van der Waals surface area contributed by atoms with Crippen molar-refractivity contribution in [3.8, 4) is 5.75 Å². The Morgan fingerprint density at radius 2 is 1.90 bits per heavy atom. The van der Waals surface area contributed by atoms with E-state index in [9.17, 15) is 10.1 Å². The lowest BCUT2D eigenvalue weighted by atomic mass is 10.2. The van der Waals surface area contributed by atoms with E-state index in [0.29, 0.717) is 21.6 Å². The summed E-state index contributed by atoms with van der Waals surface area (Å²) < 4.78 is 6.63. The van der Waals surface area contributed by atoms with Gasteiger partial charge in [0, 0.05) is 26.8 Å². The van der Waals surface area contributed by atoms with Crippen LogP contribution in [0.2, 0.25) is 0 Å². The lowest BCUT2D eigenvalue weighted by molar-refractivity contribution is -0.384. The molecule has 0 amide bonds. The highest BCUT2D eigenvalue weighted by Crippen LogP contribution is 2.32. The van der Waals surface area contributed by atoms with E-state index in [0.717, 1.165) is 4.47 Å². The Kier molecular flexibility index (Phi) is 4.61. The molecule has 0 aliphatic rings. The third-order valence-corrected chi connectivity index (χ3v) is 3.49. The van der Waals surface area contributed by atoms with E-state index in [1.165, 1.54) is 6.07 Å². The second-order valence-electron chi connectivity index (χ2n) is 3.92. The number of nitro benzene ring substituents is 1. The van der Waals surface area contributed by atoms with Gasteiger partial charge in [-0.15, -0.1) is 0 Å². The number of hydrogen-bond acceptors (Lipinski definition) is 4. The maximum atomic E-state index is 11.1. The molecule has 0 aromatic heterocycles. The van der Waals surface area contributed by atoms with E-state index in [-0.39, 0.29) is 5.69 Å². The smallest absolute Gasteiger partial charge is 0.293 e. The van der Waals surface area contributed by atoms with Crippen LogP contribution < -0.4 is 10.1 Å². The van der Waals surface area contributed by atoms with Crippen LogP contribution in [-0.2, 0) is 0 Å². The number of hydrogen-bond donors (Lipinski definition) is 1. The van der Waals surface area contributed by atoms with E-state index in [2.05, 4.69) is 37.2 Å². The molecule has 0 saturated heterocycles. The van der Waals surface area contributed by atoms with Gasteiger partial charge in [0.25, 0.3) is 5.69 Å². The molecule has 104 valence electrons. The van der Waals surface area contributed by atoms with Crippen LogP contribution in [0, 0.1) is 10.1 Å². The van der Waals surface area contributed by atoms with Gasteiger partial charge >= 0.3 is 0 Å². The molecule has 0 fully saturated rings. The number of ether oxygens (including phenoxy) is 1. The number of nitrogens with one attached hydrogen (secondary N) is 1. The van der Waals surface area contributed by atoms with Gasteiger partial charge in [-0.3, -0.25) is 10.1 Å². The molecule has 0 radical (unpaired) electrons. The Morgan fingerprint density at radius 3 is 2.55 bits per heavy atom. The number of benzene rings is 2. The minimum Gasteiger partial charge on any atom is -0.497 e. The topological polar surface area (TPSA) is 64.4 Å². The van der Waals surface area contributed by atoms with Crippen LogP contribution in [0.4, 0.5) is 17.1 Å². The third-order valence-electron chi connectivity index (χ3n) is 2.54. The Balaban J connectivity index is 2.39. The van der Waals surface area contributed by atoms with Crippen LogP contribution in [0.5, 0.6) is 5.75 Å². The van der Waals surface area contributed by atoms with Gasteiger partial charge < -0.3 is 10.1 Å². The first-order valence-corrected chi connectivity index (χ1v) is 7.14. The summed E-state index contributed by atoms with van der Waals surface area (Å²) in [7, 11) is 1.56. The Bertz CT molecular complexity index is 662. The SMILES string of the molecule is COc1cc(Br)cc(Nc2ccc(Br)cc2[N+](=O)[O-])c1. The molecule has 1 N–H and O–H groups in total. The fourth-order valence-corrected chi connectivity index (χ4v) is 2.49. The van der Waals surface area contributed by atoms with Crippen LogP contribution in [0.3, 0.4) is 0 Å².